The Balaban J connectivity index is 1.36. The third-order valence-corrected chi connectivity index (χ3v) is 8.35. The van der Waals surface area contributed by atoms with Crippen LogP contribution in [0.2, 0.25) is 0 Å². The van der Waals surface area contributed by atoms with E-state index in [0.717, 1.165) is 21.5 Å². The summed E-state index contributed by atoms with van der Waals surface area (Å²) < 4.78 is 7.40. The average molecular weight is 567 g/mol. The number of rotatable bonds is 11. The lowest BCUT2D eigenvalue weighted by Gasteiger charge is -2.28. The molecular weight excluding hydrogens is 528 g/mol. The highest BCUT2D eigenvalue weighted by atomic mass is 32.1. The molecule has 3 amide bonds. The van der Waals surface area contributed by atoms with Crippen molar-refractivity contribution in [3.05, 3.63) is 53.0 Å². The van der Waals surface area contributed by atoms with Crippen LogP contribution in [0.3, 0.4) is 0 Å². The Hall–Kier alpha value is -3.66. The number of likely N-dealkylation sites (N-methyl/N-ethyl adjacent to an activating group) is 1. The lowest BCUT2D eigenvalue weighted by molar-refractivity contribution is -0.140. The summed E-state index contributed by atoms with van der Waals surface area (Å²) in [6, 6.07) is 11.6. The molecule has 0 bridgehead atoms. The summed E-state index contributed by atoms with van der Waals surface area (Å²) in [4.78, 5) is 52.4. The van der Waals surface area contributed by atoms with Crippen molar-refractivity contribution >= 4 is 50.9 Å². The molecule has 0 unspecified atom stereocenters. The van der Waals surface area contributed by atoms with Crippen LogP contribution in [-0.2, 0) is 25.7 Å². The fourth-order valence-corrected chi connectivity index (χ4v) is 6.13. The van der Waals surface area contributed by atoms with Gasteiger partial charge in [0.05, 0.1) is 17.3 Å². The van der Waals surface area contributed by atoms with Crippen LogP contribution in [0.1, 0.15) is 61.5 Å². The molecule has 0 saturated heterocycles. The zero-order valence-corrected chi connectivity index (χ0v) is 24.2. The molecule has 2 heterocycles. The van der Waals surface area contributed by atoms with Gasteiger partial charge >= 0.3 is 5.97 Å². The molecular formula is C30H38N4O5S. The van der Waals surface area contributed by atoms with Crippen molar-refractivity contribution in [2.75, 3.05) is 25.1 Å². The summed E-state index contributed by atoms with van der Waals surface area (Å²) >= 11 is 1.54. The molecule has 2 aromatic heterocycles. The second-order valence-corrected chi connectivity index (χ2v) is 11.2. The lowest BCUT2D eigenvalue weighted by Crippen LogP contribution is -2.42. The fourth-order valence-electron chi connectivity index (χ4n) is 5.30. The number of nitrogens with zero attached hydrogens (tertiary/aromatic N) is 2. The van der Waals surface area contributed by atoms with Gasteiger partial charge in [-0.2, -0.15) is 0 Å². The molecule has 0 spiro atoms. The van der Waals surface area contributed by atoms with Gasteiger partial charge in [-0.15, -0.1) is 11.3 Å². The van der Waals surface area contributed by atoms with Crippen molar-refractivity contribution in [2.24, 2.45) is 5.92 Å². The topological polar surface area (TPSA) is 110 Å². The van der Waals surface area contributed by atoms with Crippen molar-refractivity contribution < 1.29 is 23.9 Å². The molecule has 1 aromatic carbocycles. The molecule has 1 aliphatic carbocycles. The van der Waals surface area contributed by atoms with Gasteiger partial charge in [0.15, 0.2) is 0 Å². The minimum Gasteiger partial charge on any atom is -0.469 e. The average Bonchev–Trinajstić information content (AvgIpc) is 3.54. The van der Waals surface area contributed by atoms with Crippen LogP contribution in [0, 0.1) is 12.8 Å². The summed E-state index contributed by atoms with van der Waals surface area (Å²) in [5.41, 5.74) is 3.27. The van der Waals surface area contributed by atoms with Crippen molar-refractivity contribution in [2.45, 2.75) is 65.0 Å². The predicted octanol–water partition coefficient (Wildman–Crippen LogP) is 4.42. The van der Waals surface area contributed by atoms with E-state index in [2.05, 4.69) is 15.4 Å². The number of aromatic nitrogens is 1. The normalized spacial score (nSPS) is 16.9. The van der Waals surface area contributed by atoms with Gasteiger partial charge in [0.1, 0.15) is 12.2 Å². The van der Waals surface area contributed by atoms with Gasteiger partial charge in [-0.1, -0.05) is 12.1 Å². The molecule has 1 fully saturated rings. The predicted molar refractivity (Wildman–Crippen MR) is 156 cm³/mol. The van der Waals surface area contributed by atoms with Crippen molar-refractivity contribution in [3.63, 3.8) is 0 Å². The monoisotopic (exact) mass is 566 g/mol. The van der Waals surface area contributed by atoms with Gasteiger partial charge < -0.3 is 24.8 Å². The largest absolute Gasteiger partial charge is 0.469 e. The number of hydrogen-bond donors (Lipinski definition) is 2. The first-order valence-electron chi connectivity index (χ1n) is 13.9. The number of carbonyl (C=O) groups excluding carboxylic acids is 4. The van der Waals surface area contributed by atoms with Crippen LogP contribution in [0.25, 0.3) is 10.2 Å². The van der Waals surface area contributed by atoms with E-state index in [-0.39, 0.29) is 48.6 Å². The zero-order chi connectivity index (χ0) is 28.6. The summed E-state index contributed by atoms with van der Waals surface area (Å²) in [6.45, 7) is 4.98. The molecule has 4 rings (SSSR count). The number of aryl methyl sites for hydroxylation is 1. The highest BCUT2D eigenvalue weighted by Gasteiger charge is 2.28. The first-order valence-corrected chi connectivity index (χ1v) is 14.8. The van der Waals surface area contributed by atoms with Gasteiger partial charge in [0.2, 0.25) is 11.8 Å². The minimum absolute atomic E-state index is 0.00337. The SMILES string of the molecule is CCN(C(=O)Cn1c(C(=O)NC2CCC(C(=O)NCCCC(=O)OC)CC2)cc2sccc21)c1cccc(C)c1. The number of carbonyl (C=O) groups is 4. The molecule has 9 nitrogen and oxygen atoms in total. The molecule has 0 aliphatic heterocycles. The number of hydrogen-bond acceptors (Lipinski definition) is 6. The Bertz CT molecular complexity index is 1360. The number of esters is 1. The molecule has 214 valence electrons. The maximum absolute atomic E-state index is 13.4. The molecule has 3 aromatic rings. The Morgan fingerprint density at radius 2 is 1.88 bits per heavy atom. The highest BCUT2D eigenvalue weighted by Crippen LogP contribution is 2.28. The number of anilines is 1. The van der Waals surface area contributed by atoms with E-state index in [0.29, 0.717) is 50.9 Å². The van der Waals surface area contributed by atoms with Crippen molar-refractivity contribution in [1.82, 2.24) is 15.2 Å². The maximum Gasteiger partial charge on any atom is 0.305 e. The fraction of sp³-hybridized carbons (Fsp3) is 0.467. The molecule has 10 heteroatoms. The summed E-state index contributed by atoms with van der Waals surface area (Å²) in [6.07, 6.45) is 3.61. The van der Waals surface area contributed by atoms with E-state index in [1.807, 2.05) is 60.2 Å². The van der Waals surface area contributed by atoms with Gasteiger partial charge in [0.25, 0.3) is 5.91 Å². The Morgan fingerprint density at radius 3 is 2.58 bits per heavy atom. The Morgan fingerprint density at radius 1 is 1.10 bits per heavy atom. The van der Waals surface area contributed by atoms with Crippen LogP contribution in [0.5, 0.6) is 0 Å². The number of methoxy groups -OCH3 is 1. The van der Waals surface area contributed by atoms with Gasteiger partial charge in [-0.3, -0.25) is 19.2 Å². The Kier molecular flexibility index (Phi) is 9.98. The second kappa shape index (κ2) is 13.6. The summed E-state index contributed by atoms with van der Waals surface area (Å²) in [5, 5.41) is 8.02. The standard InChI is InChI=1S/C30H38N4O5S/c1-4-33(23-8-5-7-20(2)17-23)27(35)19-34-24-14-16-40-26(24)18-25(34)30(38)32-22-12-10-21(11-13-22)29(37)31-15-6-9-28(36)39-3/h5,7-8,14,16-18,21-22H,4,6,9-13,15,19H2,1-3H3,(H,31,37)(H,32,38). The molecule has 2 N–H and O–H groups in total. The van der Waals surface area contributed by atoms with Crippen LogP contribution in [0.4, 0.5) is 5.69 Å². The quantitative estimate of drug-likeness (QED) is 0.264. The first kappa shape index (κ1) is 29.3. The lowest BCUT2D eigenvalue weighted by atomic mass is 9.85. The van der Waals surface area contributed by atoms with Crippen LogP contribution in [-0.4, -0.2) is 54.5 Å². The van der Waals surface area contributed by atoms with Crippen molar-refractivity contribution in [3.8, 4) is 0 Å². The van der Waals surface area contributed by atoms with Gasteiger partial charge in [-0.25, -0.2) is 0 Å². The smallest absolute Gasteiger partial charge is 0.305 e. The van der Waals surface area contributed by atoms with E-state index in [9.17, 15) is 19.2 Å². The van der Waals surface area contributed by atoms with E-state index in [4.69, 9.17) is 0 Å². The second-order valence-electron chi connectivity index (χ2n) is 10.3. The Labute approximate surface area is 238 Å². The number of nitrogens with one attached hydrogen (secondary N) is 2. The van der Waals surface area contributed by atoms with Crippen LogP contribution in [0.15, 0.2) is 41.8 Å². The van der Waals surface area contributed by atoms with Crippen molar-refractivity contribution in [1.29, 1.82) is 0 Å². The third-order valence-electron chi connectivity index (χ3n) is 7.50. The number of thiophene rings is 1. The number of fused-ring (bicyclic) bond motifs is 1. The zero-order valence-electron chi connectivity index (χ0n) is 23.4. The van der Waals surface area contributed by atoms with E-state index < -0.39 is 0 Å². The number of amides is 3. The van der Waals surface area contributed by atoms with Crippen LogP contribution < -0.4 is 15.5 Å². The molecule has 1 aliphatic rings. The van der Waals surface area contributed by atoms with Gasteiger partial charge in [-0.05, 0) is 81.2 Å². The number of ether oxygens (including phenoxy) is 1. The molecule has 0 radical (unpaired) electrons. The third kappa shape index (κ3) is 7.10. The minimum atomic E-state index is -0.283. The summed E-state index contributed by atoms with van der Waals surface area (Å²) in [5.74, 6) is -0.666. The highest BCUT2D eigenvalue weighted by molar-refractivity contribution is 7.17. The summed E-state index contributed by atoms with van der Waals surface area (Å²) in [7, 11) is 1.35. The molecule has 0 atom stereocenters. The van der Waals surface area contributed by atoms with E-state index in [1.54, 1.807) is 16.2 Å². The first-order chi connectivity index (χ1) is 19.3. The van der Waals surface area contributed by atoms with E-state index >= 15 is 0 Å². The molecule has 40 heavy (non-hydrogen) atoms. The van der Waals surface area contributed by atoms with Gasteiger partial charge in [0, 0.05) is 37.2 Å². The van der Waals surface area contributed by atoms with E-state index in [1.165, 1.54) is 7.11 Å². The number of benzene rings is 1. The van der Waals surface area contributed by atoms with Crippen LogP contribution >= 0.6 is 11.3 Å². The maximum atomic E-state index is 13.4. The molecule has 1 saturated carbocycles.